The third kappa shape index (κ3) is 3.47. The summed E-state index contributed by atoms with van der Waals surface area (Å²) in [6.45, 7) is 4.24. The highest BCUT2D eigenvalue weighted by atomic mass is 127. The Morgan fingerprint density at radius 3 is 2.78 bits per heavy atom. The Morgan fingerprint density at radius 1 is 1.61 bits per heavy atom. The molecule has 6 heteroatoms. The van der Waals surface area contributed by atoms with Gasteiger partial charge in [0.25, 0.3) is 0 Å². The van der Waals surface area contributed by atoms with Crippen molar-refractivity contribution in [1.29, 1.82) is 0 Å². The molecule has 1 rings (SSSR count). The number of nitrogens with one attached hydrogen (secondary N) is 1. The third-order valence-corrected chi connectivity index (χ3v) is 3.51. The number of nitrogen functional groups attached to an aromatic ring is 1. The van der Waals surface area contributed by atoms with E-state index >= 15 is 0 Å². The van der Waals surface area contributed by atoms with Crippen LogP contribution in [0.25, 0.3) is 0 Å². The molecule has 0 aromatic heterocycles. The molecule has 4 nitrogen and oxygen atoms in total. The number of halogens is 2. The molecule has 1 aromatic rings. The van der Waals surface area contributed by atoms with E-state index in [9.17, 15) is 9.18 Å². The average molecular weight is 365 g/mol. The molecular formula is C12H17FIN3O. The van der Waals surface area contributed by atoms with Gasteiger partial charge in [0.05, 0.1) is 14.9 Å². The van der Waals surface area contributed by atoms with E-state index < -0.39 is 6.04 Å². The molecule has 1 amide bonds. The number of benzene rings is 1. The van der Waals surface area contributed by atoms with Gasteiger partial charge in [0.2, 0.25) is 5.91 Å². The minimum atomic E-state index is -0.447. The van der Waals surface area contributed by atoms with Gasteiger partial charge in [0.1, 0.15) is 11.9 Å². The van der Waals surface area contributed by atoms with E-state index in [0.717, 1.165) is 0 Å². The van der Waals surface area contributed by atoms with Gasteiger partial charge < -0.3 is 16.0 Å². The minimum absolute atomic E-state index is 0.0594. The summed E-state index contributed by atoms with van der Waals surface area (Å²) in [6.07, 6.45) is 0. The molecule has 0 heterocycles. The Morgan fingerprint density at radius 2 is 2.22 bits per heavy atom. The van der Waals surface area contributed by atoms with E-state index in [0.29, 0.717) is 21.5 Å². The number of nitrogens with zero attached hydrogens (tertiary/aromatic N) is 1. The number of amides is 1. The van der Waals surface area contributed by atoms with Crippen molar-refractivity contribution in [2.75, 3.05) is 24.6 Å². The summed E-state index contributed by atoms with van der Waals surface area (Å²) in [5.41, 5.74) is 6.66. The maximum Gasteiger partial charge on any atom is 0.244 e. The van der Waals surface area contributed by atoms with Crippen molar-refractivity contribution >= 4 is 39.9 Å². The predicted molar refractivity (Wildman–Crippen MR) is 79.9 cm³/mol. The van der Waals surface area contributed by atoms with Gasteiger partial charge in [-0.1, -0.05) is 0 Å². The van der Waals surface area contributed by atoms with Crippen LogP contribution in [0, 0.1) is 9.39 Å². The van der Waals surface area contributed by atoms with Crippen LogP contribution in [0.1, 0.15) is 13.8 Å². The zero-order valence-electron chi connectivity index (χ0n) is 10.6. The number of carbonyl (C=O) groups excluding carboxylic acids is 1. The molecule has 0 bridgehead atoms. The molecule has 0 aliphatic carbocycles. The van der Waals surface area contributed by atoms with Crippen LogP contribution in [0.4, 0.5) is 15.8 Å². The van der Waals surface area contributed by atoms with E-state index in [2.05, 4.69) is 5.32 Å². The summed E-state index contributed by atoms with van der Waals surface area (Å²) >= 11 is 1.87. The molecule has 0 aliphatic heterocycles. The second kappa shape index (κ2) is 6.21. The monoisotopic (exact) mass is 365 g/mol. The van der Waals surface area contributed by atoms with E-state index in [1.807, 2.05) is 29.5 Å². The lowest BCUT2D eigenvalue weighted by Gasteiger charge is -2.22. The number of rotatable bonds is 4. The van der Waals surface area contributed by atoms with E-state index in [-0.39, 0.29) is 11.7 Å². The zero-order chi connectivity index (χ0) is 13.9. The Labute approximate surface area is 120 Å². The second-order valence-electron chi connectivity index (χ2n) is 4.07. The summed E-state index contributed by atoms with van der Waals surface area (Å²) in [7, 11) is 1.72. The highest BCUT2D eigenvalue weighted by molar-refractivity contribution is 14.1. The Bertz CT molecular complexity index is 453. The van der Waals surface area contributed by atoms with Crippen LogP contribution in [0.5, 0.6) is 0 Å². The first kappa shape index (κ1) is 15.0. The van der Waals surface area contributed by atoms with Crippen LogP contribution in [0.3, 0.4) is 0 Å². The van der Waals surface area contributed by atoms with Gasteiger partial charge in [0, 0.05) is 19.7 Å². The summed E-state index contributed by atoms with van der Waals surface area (Å²) < 4.78 is 13.9. The van der Waals surface area contributed by atoms with Crippen LogP contribution in [0.2, 0.25) is 0 Å². The molecular weight excluding hydrogens is 348 g/mol. The molecule has 0 saturated heterocycles. The zero-order valence-corrected chi connectivity index (χ0v) is 12.8. The van der Waals surface area contributed by atoms with Crippen LogP contribution in [-0.2, 0) is 4.79 Å². The summed E-state index contributed by atoms with van der Waals surface area (Å²) in [4.78, 5) is 13.5. The van der Waals surface area contributed by atoms with Crippen LogP contribution >= 0.6 is 22.6 Å². The van der Waals surface area contributed by atoms with Gasteiger partial charge in [0.15, 0.2) is 0 Å². The molecule has 0 saturated carbocycles. The molecule has 1 atom stereocenters. The number of likely N-dealkylation sites (N-methyl/N-ethyl adjacent to an activating group) is 1. The summed E-state index contributed by atoms with van der Waals surface area (Å²) in [6, 6.07) is 2.41. The van der Waals surface area contributed by atoms with Crippen molar-refractivity contribution in [2.45, 2.75) is 19.9 Å². The molecule has 0 aliphatic rings. The Kier molecular flexibility index (Phi) is 5.18. The first-order chi connectivity index (χ1) is 8.36. The Balaban J connectivity index is 2.85. The van der Waals surface area contributed by atoms with Crippen molar-refractivity contribution in [3.8, 4) is 0 Å². The number of hydrogen-bond donors (Lipinski definition) is 2. The largest absolute Gasteiger partial charge is 0.397 e. The molecule has 0 spiro atoms. The molecule has 0 fully saturated rings. The number of nitrogens with two attached hydrogens (primary N) is 1. The van der Waals surface area contributed by atoms with Crippen LogP contribution in [0.15, 0.2) is 12.1 Å². The first-order valence-electron chi connectivity index (χ1n) is 5.62. The molecule has 18 heavy (non-hydrogen) atoms. The van der Waals surface area contributed by atoms with Crippen molar-refractivity contribution in [3.63, 3.8) is 0 Å². The molecule has 100 valence electrons. The SMILES string of the molecule is CCN(C)C(=O)C(C)Nc1cc(F)c(I)cc1N. The second-order valence-corrected chi connectivity index (χ2v) is 5.23. The Hall–Kier alpha value is -1.05. The molecule has 1 unspecified atom stereocenters. The van der Waals surface area contributed by atoms with Gasteiger partial charge in [-0.15, -0.1) is 0 Å². The average Bonchev–Trinajstić information content (AvgIpc) is 2.33. The van der Waals surface area contributed by atoms with Crippen LogP contribution in [-0.4, -0.2) is 30.4 Å². The molecule has 3 N–H and O–H groups in total. The topological polar surface area (TPSA) is 58.4 Å². The highest BCUT2D eigenvalue weighted by Crippen LogP contribution is 2.24. The lowest BCUT2D eigenvalue weighted by molar-refractivity contribution is -0.130. The van der Waals surface area contributed by atoms with Crippen LogP contribution < -0.4 is 11.1 Å². The maximum atomic E-state index is 13.4. The fourth-order valence-electron chi connectivity index (χ4n) is 1.47. The van der Waals surface area contributed by atoms with E-state index in [1.165, 1.54) is 6.07 Å². The fraction of sp³-hybridized carbons (Fsp3) is 0.417. The lowest BCUT2D eigenvalue weighted by atomic mass is 10.2. The van der Waals surface area contributed by atoms with Crippen molar-refractivity contribution in [3.05, 3.63) is 21.5 Å². The quantitative estimate of drug-likeness (QED) is 0.636. The standard InChI is InChI=1S/C12H17FIN3O/c1-4-17(3)12(18)7(2)16-11-5-8(13)9(14)6-10(11)15/h5-7,16H,4,15H2,1-3H3. The van der Waals surface area contributed by atoms with Crippen molar-refractivity contribution in [1.82, 2.24) is 4.90 Å². The van der Waals surface area contributed by atoms with Gasteiger partial charge in [-0.2, -0.15) is 0 Å². The first-order valence-corrected chi connectivity index (χ1v) is 6.70. The lowest BCUT2D eigenvalue weighted by Crippen LogP contribution is -2.39. The number of hydrogen-bond acceptors (Lipinski definition) is 3. The number of anilines is 2. The van der Waals surface area contributed by atoms with Gasteiger partial charge >= 0.3 is 0 Å². The fourth-order valence-corrected chi connectivity index (χ4v) is 1.96. The van der Waals surface area contributed by atoms with Crippen molar-refractivity contribution in [2.24, 2.45) is 0 Å². The number of carbonyl (C=O) groups is 1. The summed E-state index contributed by atoms with van der Waals surface area (Å²) in [5, 5.41) is 2.93. The highest BCUT2D eigenvalue weighted by Gasteiger charge is 2.17. The smallest absolute Gasteiger partial charge is 0.244 e. The summed E-state index contributed by atoms with van der Waals surface area (Å²) in [5.74, 6) is -0.411. The molecule has 1 aromatic carbocycles. The van der Waals surface area contributed by atoms with Gasteiger partial charge in [-0.25, -0.2) is 4.39 Å². The molecule has 0 radical (unpaired) electrons. The maximum absolute atomic E-state index is 13.4. The third-order valence-electron chi connectivity index (χ3n) is 2.69. The minimum Gasteiger partial charge on any atom is -0.397 e. The normalized spacial score (nSPS) is 12.1. The van der Waals surface area contributed by atoms with E-state index in [1.54, 1.807) is 24.9 Å². The predicted octanol–water partition coefficient (Wildman–Crippen LogP) is 2.29. The van der Waals surface area contributed by atoms with E-state index in [4.69, 9.17) is 5.73 Å². The van der Waals surface area contributed by atoms with Crippen molar-refractivity contribution < 1.29 is 9.18 Å². The van der Waals surface area contributed by atoms with Gasteiger partial charge in [-0.3, -0.25) is 4.79 Å². The van der Waals surface area contributed by atoms with Gasteiger partial charge in [-0.05, 0) is 42.5 Å².